The van der Waals surface area contributed by atoms with Crippen LogP contribution < -0.4 is 10.1 Å². The Morgan fingerprint density at radius 3 is 2.67 bits per heavy atom. The van der Waals surface area contributed by atoms with Gasteiger partial charge in [0.15, 0.2) is 0 Å². The second kappa shape index (κ2) is 6.33. The van der Waals surface area contributed by atoms with Crippen molar-refractivity contribution in [3.8, 4) is 5.75 Å². The number of rotatable bonds is 6. The summed E-state index contributed by atoms with van der Waals surface area (Å²) in [7, 11) is 0. The molecule has 0 saturated carbocycles. The first-order valence-electron chi connectivity index (χ1n) is 5.69. The summed E-state index contributed by atoms with van der Waals surface area (Å²) in [5.41, 5.74) is 1.10. The van der Waals surface area contributed by atoms with E-state index in [1.165, 1.54) is 0 Å². The van der Waals surface area contributed by atoms with Gasteiger partial charge in [-0.2, -0.15) is 0 Å². The normalized spacial score (nSPS) is 10.4. The van der Waals surface area contributed by atoms with Crippen molar-refractivity contribution in [1.29, 1.82) is 0 Å². The highest BCUT2D eigenvalue weighted by Gasteiger charge is 2.02. The van der Waals surface area contributed by atoms with Gasteiger partial charge in [0.25, 0.3) is 0 Å². The van der Waals surface area contributed by atoms with Gasteiger partial charge in [-0.1, -0.05) is 32.9 Å². The molecule has 1 aromatic carbocycles. The largest absolute Gasteiger partial charge is 0.491 e. The SMILES string of the molecule is CCCOc1ccccc1NCC(C)C. The zero-order valence-corrected chi connectivity index (χ0v) is 9.92. The van der Waals surface area contributed by atoms with E-state index < -0.39 is 0 Å². The molecule has 0 saturated heterocycles. The predicted molar refractivity (Wildman–Crippen MR) is 65.6 cm³/mol. The Kier molecular flexibility index (Phi) is 5.02. The topological polar surface area (TPSA) is 21.3 Å². The maximum absolute atomic E-state index is 5.66. The third-order valence-corrected chi connectivity index (χ3v) is 2.05. The van der Waals surface area contributed by atoms with Crippen LogP contribution in [0.15, 0.2) is 24.3 Å². The van der Waals surface area contributed by atoms with Gasteiger partial charge in [0, 0.05) is 6.54 Å². The molecular formula is C13H21NO. The molecule has 0 aromatic heterocycles. The van der Waals surface area contributed by atoms with Crippen molar-refractivity contribution >= 4 is 5.69 Å². The summed E-state index contributed by atoms with van der Waals surface area (Å²) >= 11 is 0. The Hall–Kier alpha value is -1.18. The van der Waals surface area contributed by atoms with E-state index >= 15 is 0 Å². The minimum Gasteiger partial charge on any atom is -0.491 e. The molecule has 15 heavy (non-hydrogen) atoms. The zero-order chi connectivity index (χ0) is 11.1. The molecular weight excluding hydrogens is 186 g/mol. The van der Waals surface area contributed by atoms with Crippen LogP contribution in [-0.4, -0.2) is 13.2 Å². The Balaban J connectivity index is 2.59. The van der Waals surface area contributed by atoms with Gasteiger partial charge in [-0.3, -0.25) is 0 Å². The first kappa shape index (κ1) is 11.9. The minimum absolute atomic E-state index is 0.643. The first-order chi connectivity index (χ1) is 7.24. The van der Waals surface area contributed by atoms with E-state index in [2.05, 4.69) is 32.2 Å². The molecule has 0 radical (unpaired) electrons. The summed E-state index contributed by atoms with van der Waals surface area (Å²) in [6.07, 6.45) is 1.04. The monoisotopic (exact) mass is 207 g/mol. The van der Waals surface area contributed by atoms with Gasteiger partial charge < -0.3 is 10.1 Å². The summed E-state index contributed by atoms with van der Waals surface area (Å²) in [4.78, 5) is 0. The number of para-hydroxylation sites is 2. The molecule has 1 rings (SSSR count). The molecule has 0 aliphatic carbocycles. The fraction of sp³-hybridized carbons (Fsp3) is 0.538. The maximum atomic E-state index is 5.66. The summed E-state index contributed by atoms with van der Waals surface area (Å²) in [6, 6.07) is 8.11. The van der Waals surface area contributed by atoms with Crippen molar-refractivity contribution in [3.63, 3.8) is 0 Å². The van der Waals surface area contributed by atoms with Crippen LogP contribution in [0.5, 0.6) is 5.75 Å². The molecule has 0 heterocycles. The van der Waals surface area contributed by atoms with E-state index in [0.29, 0.717) is 5.92 Å². The lowest BCUT2D eigenvalue weighted by atomic mass is 10.2. The molecule has 0 atom stereocenters. The maximum Gasteiger partial charge on any atom is 0.142 e. The number of ether oxygens (including phenoxy) is 1. The van der Waals surface area contributed by atoms with Crippen molar-refractivity contribution in [2.24, 2.45) is 5.92 Å². The Morgan fingerprint density at radius 1 is 1.27 bits per heavy atom. The van der Waals surface area contributed by atoms with E-state index in [0.717, 1.165) is 31.0 Å². The zero-order valence-electron chi connectivity index (χ0n) is 9.92. The molecule has 0 aliphatic rings. The second-order valence-electron chi connectivity index (χ2n) is 4.12. The molecule has 84 valence electrons. The molecule has 0 bridgehead atoms. The van der Waals surface area contributed by atoms with Crippen molar-refractivity contribution in [2.45, 2.75) is 27.2 Å². The van der Waals surface area contributed by atoms with E-state index in [4.69, 9.17) is 4.74 Å². The quantitative estimate of drug-likeness (QED) is 0.770. The van der Waals surface area contributed by atoms with Crippen LogP contribution in [0.3, 0.4) is 0 Å². The van der Waals surface area contributed by atoms with Crippen LogP contribution in [-0.2, 0) is 0 Å². The van der Waals surface area contributed by atoms with E-state index in [9.17, 15) is 0 Å². The van der Waals surface area contributed by atoms with Crippen LogP contribution in [0.2, 0.25) is 0 Å². The molecule has 1 aromatic rings. The second-order valence-corrected chi connectivity index (χ2v) is 4.12. The van der Waals surface area contributed by atoms with Crippen LogP contribution in [0, 0.1) is 5.92 Å². The minimum atomic E-state index is 0.643. The van der Waals surface area contributed by atoms with Gasteiger partial charge in [-0.05, 0) is 24.5 Å². The molecule has 0 unspecified atom stereocenters. The van der Waals surface area contributed by atoms with Gasteiger partial charge in [-0.15, -0.1) is 0 Å². The number of anilines is 1. The lowest BCUT2D eigenvalue weighted by molar-refractivity contribution is 0.318. The smallest absolute Gasteiger partial charge is 0.142 e. The lowest BCUT2D eigenvalue weighted by Gasteiger charge is -2.13. The molecule has 0 amide bonds. The Labute approximate surface area is 92.6 Å². The Bertz CT molecular complexity index is 284. The number of benzene rings is 1. The molecule has 0 fully saturated rings. The highest BCUT2D eigenvalue weighted by molar-refractivity contribution is 5.56. The number of hydrogen-bond donors (Lipinski definition) is 1. The molecule has 2 nitrogen and oxygen atoms in total. The highest BCUT2D eigenvalue weighted by Crippen LogP contribution is 2.23. The summed E-state index contributed by atoms with van der Waals surface area (Å²) in [6.45, 7) is 8.27. The average molecular weight is 207 g/mol. The van der Waals surface area contributed by atoms with Gasteiger partial charge >= 0.3 is 0 Å². The van der Waals surface area contributed by atoms with E-state index in [1.54, 1.807) is 0 Å². The average Bonchev–Trinajstić information content (AvgIpc) is 2.24. The molecule has 2 heteroatoms. The number of nitrogens with one attached hydrogen (secondary N) is 1. The number of hydrogen-bond acceptors (Lipinski definition) is 2. The highest BCUT2D eigenvalue weighted by atomic mass is 16.5. The fourth-order valence-electron chi connectivity index (χ4n) is 1.26. The van der Waals surface area contributed by atoms with Gasteiger partial charge in [0.2, 0.25) is 0 Å². The summed E-state index contributed by atoms with van der Waals surface area (Å²) in [5, 5.41) is 3.40. The third-order valence-electron chi connectivity index (χ3n) is 2.05. The van der Waals surface area contributed by atoms with E-state index in [1.807, 2.05) is 18.2 Å². The van der Waals surface area contributed by atoms with Crippen LogP contribution in [0.4, 0.5) is 5.69 Å². The first-order valence-corrected chi connectivity index (χ1v) is 5.69. The van der Waals surface area contributed by atoms with Crippen LogP contribution in [0.25, 0.3) is 0 Å². The molecule has 0 spiro atoms. The predicted octanol–water partition coefficient (Wildman–Crippen LogP) is 3.54. The standard InChI is InChI=1S/C13H21NO/c1-4-9-15-13-8-6-5-7-12(13)14-10-11(2)3/h5-8,11,14H,4,9-10H2,1-3H3. The van der Waals surface area contributed by atoms with Crippen LogP contribution in [0.1, 0.15) is 27.2 Å². The summed E-state index contributed by atoms with van der Waals surface area (Å²) < 4.78 is 5.66. The molecule has 0 aliphatic heterocycles. The van der Waals surface area contributed by atoms with Gasteiger partial charge in [0.05, 0.1) is 12.3 Å². The van der Waals surface area contributed by atoms with E-state index in [-0.39, 0.29) is 0 Å². The lowest BCUT2D eigenvalue weighted by Crippen LogP contribution is -2.09. The fourth-order valence-corrected chi connectivity index (χ4v) is 1.26. The third kappa shape index (κ3) is 4.24. The summed E-state index contributed by atoms with van der Waals surface area (Å²) in [5.74, 6) is 1.60. The molecule has 1 N–H and O–H groups in total. The van der Waals surface area contributed by atoms with Crippen molar-refractivity contribution in [1.82, 2.24) is 0 Å². The van der Waals surface area contributed by atoms with Crippen LogP contribution >= 0.6 is 0 Å². The van der Waals surface area contributed by atoms with Crippen molar-refractivity contribution < 1.29 is 4.74 Å². The van der Waals surface area contributed by atoms with Crippen molar-refractivity contribution in [3.05, 3.63) is 24.3 Å². The van der Waals surface area contributed by atoms with Gasteiger partial charge in [-0.25, -0.2) is 0 Å². The van der Waals surface area contributed by atoms with Gasteiger partial charge in [0.1, 0.15) is 5.75 Å². The van der Waals surface area contributed by atoms with Crippen molar-refractivity contribution in [2.75, 3.05) is 18.5 Å². The Morgan fingerprint density at radius 2 is 2.00 bits per heavy atom.